The van der Waals surface area contributed by atoms with Crippen molar-refractivity contribution in [1.29, 1.82) is 0 Å². The number of halogens is 1. The molecule has 4 rings (SSSR count). The van der Waals surface area contributed by atoms with E-state index >= 15 is 0 Å². The molecule has 0 unspecified atom stereocenters. The van der Waals surface area contributed by atoms with Gasteiger partial charge in [0.15, 0.2) is 0 Å². The molecule has 4 aromatic carbocycles. The Labute approximate surface area is 196 Å². The molecule has 158 valence electrons. The Balaban J connectivity index is 1.61. The SMILES string of the molecule is Clc1ccc(OCCCC#C[B-](c2ccccc2)(c2ccccc2)c2ccccc2)cc1. The first kappa shape index (κ1) is 21.8. The summed E-state index contributed by atoms with van der Waals surface area (Å²) in [5.41, 5.74) is 3.69. The van der Waals surface area contributed by atoms with Gasteiger partial charge in [-0.05, 0) is 30.7 Å². The maximum absolute atomic E-state index is 5.94. The number of hydrogen-bond acceptors (Lipinski definition) is 1. The van der Waals surface area contributed by atoms with Crippen molar-refractivity contribution >= 4 is 34.1 Å². The monoisotopic (exact) mass is 435 g/mol. The second-order valence-electron chi connectivity index (χ2n) is 7.83. The van der Waals surface area contributed by atoms with Crippen LogP contribution in [0.2, 0.25) is 5.02 Å². The fourth-order valence-corrected chi connectivity index (χ4v) is 4.29. The van der Waals surface area contributed by atoms with E-state index in [2.05, 4.69) is 103 Å². The van der Waals surface area contributed by atoms with Crippen molar-refractivity contribution in [3.63, 3.8) is 0 Å². The Bertz CT molecular complexity index is 1070. The van der Waals surface area contributed by atoms with Crippen molar-refractivity contribution in [3.8, 4) is 17.5 Å². The normalized spacial score (nSPS) is 10.8. The van der Waals surface area contributed by atoms with E-state index in [4.69, 9.17) is 16.3 Å². The third-order valence-corrected chi connectivity index (χ3v) is 6.00. The molecule has 0 saturated heterocycles. The van der Waals surface area contributed by atoms with Crippen LogP contribution in [0, 0.1) is 11.7 Å². The van der Waals surface area contributed by atoms with Crippen LogP contribution in [-0.2, 0) is 0 Å². The van der Waals surface area contributed by atoms with Gasteiger partial charge in [0, 0.05) is 11.4 Å². The second kappa shape index (κ2) is 10.8. The fourth-order valence-electron chi connectivity index (χ4n) is 4.16. The highest BCUT2D eigenvalue weighted by molar-refractivity contribution is 7.16. The van der Waals surface area contributed by atoms with Crippen LogP contribution >= 0.6 is 11.6 Å². The summed E-state index contributed by atoms with van der Waals surface area (Å²) in [5.74, 6) is 8.05. The third kappa shape index (κ3) is 5.07. The molecule has 0 radical (unpaired) electrons. The first-order chi connectivity index (χ1) is 15.8. The molecule has 3 heteroatoms. The van der Waals surface area contributed by atoms with E-state index < -0.39 is 6.15 Å². The highest BCUT2D eigenvalue weighted by atomic mass is 35.5. The molecule has 0 saturated carbocycles. The average Bonchev–Trinajstić information content (AvgIpc) is 2.86. The van der Waals surface area contributed by atoms with Gasteiger partial charge in [0.1, 0.15) is 11.9 Å². The molecule has 0 aromatic heterocycles. The Hall–Kier alpha value is -3.41. The molecule has 0 amide bonds. The van der Waals surface area contributed by atoms with E-state index in [0.29, 0.717) is 11.6 Å². The Morgan fingerprint density at radius 3 is 1.56 bits per heavy atom. The zero-order chi connectivity index (χ0) is 22.1. The van der Waals surface area contributed by atoms with Crippen LogP contribution in [0.3, 0.4) is 0 Å². The predicted octanol–water partition coefficient (Wildman–Crippen LogP) is 5.21. The van der Waals surface area contributed by atoms with Gasteiger partial charge in [0.05, 0.1) is 6.61 Å². The molecule has 4 aromatic rings. The van der Waals surface area contributed by atoms with Crippen LogP contribution in [-0.4, -0.2) is 12.8 Å². The van der Waals surface area contributed by atoms with E-state index in [1.165, 1.54) is 16.4 Å². The van der Waals surface area contributed by atoms with Gasteiger partial charge in [0.2, 0.25) is 0 Å². The van der Waals surface area contributed by atoms with Crippen molar-refractivity contribution in [2.24, 2.45) is 0 Å². The van der Waals surface area contributed by atoms with E-state index in [9.17, 15) is 0 Å². The van der Waals surface area contributed by atoms with E-state index in [-0.39, 0.29) is 0 Å². The van der Waals surface area contributed by atoms with Gasteiger partial charge in [-0.1, -0.05) is 103 Å². The van der Waals surface area contributed by atoms with E-state index in [1.807, 2.05) is 24.3 Å². The summed E-state index contributed by atoms with van der Waals surface area (Å²) >= 11 is 5.94. The van der Waals surface area contributed by atoms with Crippen molar-refractivity contribution in [1.82, 2.24) is 0 Å². The first-order valence-corrected chi connectivity index (χ1v) is 11.4. The smallest absolute Gasteiger partial charge is 0.149 e. The summed E-state index contributed by atoms with van der Waals surface area (Å²) < 4.78 is 5.83. The van der Waals surface area contributed by atoms with Crippen LogP contribution in [0.15, 0.2) is 115 Å². The quantitative estimate of drug-likeness (QED) is 0.220. The van der Waals surface area contributed by atoms with Gasteiger partial charge < -0.3 is 4.74 Å². The maximum atomic E-state index is 5.94. The van der Waals surface area contributed by atoms with E-state index in [1.54, 1.807) is 0 Å². The van der Waals surface area contributed by atoms with Crippen molar-refractivity contribution in [2.45, 2.75) is 12.8 Å². The van der Waals surface area contributed by atoms with Crippen LogP contribution in [0.5, 0.6) is 5.75 Å². The number of unbranched alkanes of at least 4 members (excludes halogenated alkanes) is 1. The summed E-state index contributed by atoms with van der Waals surface area (Å²) in [6, 6.07) is 39.4. The lowest BCUT2D eigenvalue weighted by Gasteiger charge is -2.38. The lowest BCUT2D eigenvalue weighted by atomic mass is 9.16. The second-order valence-corrected chi connectivity index (χ2v) is 8.26. The van der Waals surface area contributed by atoms with Crippen LogP contribution in [0.1, 0.15) is 12.8 Å². The number of rotatable bonds is 7. The Morgan fingerprint density at radius 2 is 1.09 bits per heavy atom. The topological polar surface area (TPSA) is 9.23 Å². The van der Waals surface area contributed by atoms with E-state index in [0.717, 1.165) is 18.6 Å². The van der Waals surface area contributed by atoms with Crippen LogP contribution in [0.25, 0.3) is 0 Å². The zero-order valence-electron chi connectivity index (χ0n) is 18.0. The molecule has 0 aliphatic heterocycles. The summed E-state index contributed by atoms with van der Waals surface area (Å²) in [6.45, 7) is 0.623. The van der Waals surface area contributed by atoms with Crippen molar-refractivity contribution < 1.29 is 4.74 Å². The summed E-state index contributed by atoms with van der Waals surface area (Å²) in [7, 11) is 0. The molecule has 0 fully saturated rings. The van der Waals surface area contributed by atoms with Gasteiger partial charge in [-0.15, -0.1) is 5.92 Å². The van der Waals surface area contributed by atoms with Gasteiger partial charge in [0.25, 0.3) is 0 Å². The number of benzene rings is 4. The standard InChI is InChI=1S/C29H25BClO/c31-28-19-21-29(22-20-28)32-24-12-4-11-23-30(25-13-5-1-6-14-25,26-15-7-2-8-16-26)27-17-9-3-10-18-27/h1-3,5-10,13-22H,4,12,24H2/q-1. The van der Waals surface area contributed by atoms with Crippen LogP contribution < -0.4 is 21.1 Å². The molecule has 0 spiro atoms. The molecule has 32 heavy (non-hydrogen) atoms. The van der Waals surface area contributed by atoms with Crippen molar-refractivity contribution in [2.75, 3.05) is 6.61 Å². The summed E-state index contributed by atoms with van der Waals surface area (Å²) in [5, 5.41) is 0.713. The molecule has 0 aliphatic rings. The highest BCUT2D eigenvalue weighted by Crippen LogP contribution is 2.15. The molecule has 0 bridgehead atoms. The third-order valence-electron chi connectivity index (χ3n) is 5.75. The number of ether oxygens (including phenoxy) is 1. The largest absolute Gasteiger partial charge is 0.494 e. The van der Waals surface area contributed by atoms with Gasteiger partial charge in [-0.3, -0.25) is 5.82 Å². The lowest BCUT2D eigenvalue weighted by molar-refractivity contribution is 0.313. The van der Waals surface area contributed by atoms with Crippen molar-refractivity contribution in [3.05, 3.63) is 120 Å². The molecule has 0 aliphatic carbocycles. The van der Waals surface area contributed by atoms with Gasteiger partial charge in [-0.2, -0.15) is 16.4 Å². The van der Waals surface area contributed by atoms with Gasteiger partial charge >= 0.3 is 0 Å². The molecule has 0 atom stereocenters. The molecule has 0 N–H and O–H groups in total. The Kier molecular flexibility index (Phi) is 7.33. The summed E-state index contributed by atoms with van der Waals surface area (Å²) in [6.07, 6.45) is 0.227. The Morgan fingerprint density at radius 1 is 0.625 bits per heavy atom. The zero-order valence-corrected chi connectivity index (χ0v) is 18.7. The molecule has 0 heterocycles. The molecular formula is C29H25BClO-. The predicted molar refractivity (Wildman–Crippen MR) is 138 cm³/mol. The van der Waals surface area contributed by atoms with Crippen LogP contribution in [0.4, 0.5) is 0 Å². The van der Waals surface area contributed by atoms with Gasteiger partial charge in [-0.25, -0.2) is 0 Å². The fraction of sp³-hybridized carbons (Fsp3) is 0.103. The molecular weight excluding hydrogens is 411 g/mol. The minimum Gasteiger partial charge on any atom is -0.494 e. The average molecular weight is 436 g/mol. The maximum Gasteiger partial charge on any atom is 0.149 e. The minimum atomic E-state index is -1.40. The molecule has 1 nitrogen and oxygen atoms in total. The first-order valence-electron chi connectivity index (χ1n) is 11.0. The highest BCUT2D eigenvalue weighted by Gasteiger charge is 2.27. The number of hydrogen-bond donors (Lipinski definition) is 0. The minimum absolute atomic E-state index is 0.623. The summed E-state index contributed by atoms with van der Waals surface area (Å²) in [4.78, 5) is 0. The lowest BCUT2D eigenvalue weighted by Crippen LogP contribution is -2.66.